The number of rotatable bonds is 3. The van der Waals surface area contributed by atoms with Crippen molar-refractivity contribution in [1.82, 2.24) is 4.90 Å². The average molecular weight is 514 g/mol. The van der Waals surface area contributed by atoms with Crippen molar-refractivity contribution in [3.8, 4) is 0 Å². The Kier molecular flexibility index (Phi) is 6.16. The predicted octanol–water partition coefficient (Wildman–Crippen LogP) is 3.86. The lowest BCUT2D eigenvalue weighted by Gasteiger charge is -2.64. The molecule has 9 unspecified atom stereocenters. The van der Waals surface area contributed by atoms with Gasteiger partial charge in [-0.2, -0.15) is 0 Å². The van der Waals surface area contributed by atoms with Crippen LogP contribution in [0.1, 0.15) is 90.0 Å². The fourth-order valence-electron chi connectivity index (χ4n) is 10.1. The maximum Gasteiger partial charge on any atom is 0.335 e. The van der Waals surface area contributed by atoms with Gasteiger partial charge in [-0.05, 0) is 86.2 Å². The van der Waals surface area contributed by atoms with Gasteiger partial charge in [-0.3, -0.25) is 9.69 Å². The maximum absolute atomic E-state index is 12.7. The summed E-state index contributed by atoms with van der Waals surface area (Å²) in [7, 11) is 0. The second kappa shape index (κ2) is 8.92. The highest BCUT2D eigenvalue weighted by Crippen LogP contribution is 2.71. The lowest BCUT2D eigenvalue weighted by atomic mass is 9.43. The van der Waals surface area contributed by atoms with E-state index in [1.165, 1.54) is 38.5 Å². The molecule has 7 heteroatoms. The monoisotopic (exact) mass is 513 g/mol. The van der Waals surface area contributed by atoms with E-state index in [0.717, 1.165) is 50.8 Å². The molecule has 0 radical (unpaired) electrons. The molecule has 204 valence electrons. The second-order valence-electron chi connectivity index (χ2n) is 13.5. The summed E-state index contributed by atoms with van der Waals surface area (Å²) in [5, 5.41) is 22.8. The van der Waals surface area contributed by atoms with Gasteiger partial charge in [0, 0.05) is 49.9 Å². The first kappa shape index (κ1) is 25.6. The van der Waals surface area contributed by atoms with Crippen LogP contribution in [0.2, 0.25) is 0 Å². The lowest BCUT2D eigenvalue weighted by Crippen LogP contribution is -2.62. The van der Waals surface area contributed by atoms with Crippen LogP contribution >= 0.6 is 0 Å². The first-order valence-corrected chi connectivity index (χ1v) is 14.5. The topological polar surface area (TPSA) is 100 Å². The number of hydrogen-bond acceptors (Lipinski definition) is 7. The summed E-state index contributed by atoms with van der Waals surface area (Å²) in [6.45, 7) is 7.92. The fourth-order valence-corrected chi connectivity index (χ4v) is 10.1. The summed E-state index contributed by atoms with van der Waals surface area (Å²) in [5.41, 5.74) is -0.791. The number of nitrogens with zero attached hydrogens (tertiary/aromatic N) is 1. The molecule has 6 rings (SSSR count). The lowest BCUT2D eigenvalue weighted by molar-refractivity contribution is -0.204. The molecule has 0 amide bonds. The Bertz CT molecular complexity index is 1080. The zero-order valence-corrected chi connectivity index (χ0v) is 22.5. The van der Waals surface area contributed by atoms with Crippen LogP contribution in [0, 0.1) is 28.6 Å². The maximum atomic E-state index is 12.7. The molecule has 4 saturated carbocycles. The smallest absolute Gasteiger partial charge is 0.335 e. The summed E-state index contributed by atoms with van der Waals surface area (Å²) in [6.07, 6.45) is 9.78. The highest BCUT2D eigenvalue weighted by Gasteiger charge is 2.70. The standard InChI is InChI=1S/C30H43NO6/c1-18(32)37-25-15-30(35)24-6-5-20-14-21(31-13-10-22(33)16-31)8-11-28(20,2)23(24)9-12-29(30,3)27(25)19-4-7-26(34)36-17-19/h4,7,17,20-25,27,33,35H,5-6,8-16H2,1-3H3/t20?,21?,22-,23?,24?,25?,27?,28?,29?,30?/m0/s1. The summed E-state index contributed by atoms with van der Waals surface area (Å²) >= 11 is 0. The quantitative estimate of drug-likeness (QED) is 0.592. The third-order valence-corrected chi connectivity index (χ3v) is 11.9. The van der Waals surface area contributed by atoms with Crippen molar-refractivity contribution in [3.63, 3.8) is 0 Å². The molecule has 4 aliphatic carbocycles. The molecule has 1 aromatic rings. The fraction of sp³-hybridized carbons (Fsp3) is 0.800. The summed E-state index contributed by atoms with van der Waals surface area (Å²) in [6, 6.07) is 3.78. The predicted molar refractivity (Wildman–Crippen MR) is 138 cm³/mol. The van der Waals surface area contributed by atoms with Gasteiger partial charge in [0.05, 0.1) is 18.0 Å². The van der Waals surface area contributed by atoms with E-state index in [4.69, 9.17) is 9.15 Å². The van der Waals surface area contributed by atoms with Crippen LogP contribution in [0.3, 0.4) is 0 Å². The number of fused-ring (bicyclic) bond motifs is 5. The van der Waals surface area contributed by atoms with Crippen LogP contribution in [-0.2, 0) is 9.53 Å². The SMILES string of the molecule is CC(=O)OC1CC2(O)C3CCC4CC(N5CC[C@H](O)C5)CCC4(C)C3CCC2(C)C1c1ccc(=O)oc1. The molecular weight excluding hydrogens is 470 g/mol. The molecule has 1 aromatic heterocycles. The van der Waals surface area contributed by atoms with Crippen molar-refractivity contribution in [2.45, 2.75) is 108 Å². The minimum absolute atomic E-state index is 0.163. The van der Waals surface area contributed by atoms with E-state index in [0.29, 0.717) is 24.3 Å². The number of aliphatic hydroxyl groups is 2. The molecule has 0 spiro atoms. The molecular formula is C30H43NO6. The minimum atomic E-state index is -0.944. The van der Waals surface area contributed by atoms with Crippen molar-refractivity contribution < 1.29 is 24.2 Å². The normalized spacial score (nSPS) is 47.6. The molecule has 37 heavy (non-hydrogen) atoms. The van der Waals surface area contributed by atoms with E-state index in [2.05, 4.69) is 18.7 Å². The van der Waals surface area contributed by atoms with Gasteiger partial charge in [-0.15, -0.1) is 0 Å². The molecule has 1 saturated heterocycles. The van der Waals surface area contributed by atoms with Crippen LogP contribution in [0.4, 0.5) is 0 Å². The van der Waals surface area contributed by atoms with Gasteiger partial charge in [0.25, 0.3) is 0 Å². The molecule has 1 aliphatic heterocycles. The second-order valence-corrected chi connectivity index (χ2v) is 13.5. The first-order valence-electron chi connectivity index (χ1n) is 14.5. The van der Waals surface area contributed by atoms with E-state index < -0.39 is 22.7 Å². The minimum Gasteiger partial charge on any atom is -0.462 e. The molecule has 10 atom stereocenters. The van der Waals surface area contributed by atoms with Crippen molar-refractivity contribution in [2.24, 2.45) is 28.6 Å². The Morgan fingerprint density at radius 2 is 1.92 bits per heavy atom. The average Bonchev–Trinajstić information content (AvgIpc) is 3.37. The van der Waals surface area contributed by atoms with Crippen LogP contribution in [0.15, 0.2) is 27.6 Å². The molecule has 7 nitrogen and oxygen atoms in total. The Morgan fingerprint density at radius 1 is 1.11 bits per heavy atom. The Morgan fingerprint density at radius 3 is 2.59 bits per heavy atom. The number of hydrogen-bond donors (Lipinski definition) is 2. The van der Waals surface area contributed by atoms with Gasteiger partial charge in [0.1, 0.15) is 6.10 Å². The zero-order chi connectivity index (χ0) is 26.2. The van der Waals surface area contributed by atoms with Crippen molar-refractivity contribution in [1.29, 1.82) is 0 Å². The Labute approximate surface area is 219 Å². The van der Waals surface area contributed by atoms with Crippen LogP contribution in [0.25, 0.3) is 0 Å². The van der Waals surface area contributed by atoms with Gasteiger partial charge >= 0.3 is 11.6 Å². The van der Waals surface area contributed by atoms with Gasteiger partial charge in [0.15, 0.2) is 0 Å². The highest BCUT2D eigenvalue weighted by molar-refractivity contribution is 5.66. The number of carbonyl (C=O) groups is 1. The first-order chi connectivity index (χ1) is 17.5. The van der Waals surface area contributed by atoms with E-state index in [1.54, 1.807) is 6.07 Å². The highest BCUT2D eigenvalue weighted by atomic mass is 16.5. The number of carbonyl (C=O) groups excluding carboxylic acids is 1. The molecule has 0 bridgehead atoms. The van der Waals surface area contributed by atoms with Gasteiger partial charge in [-0.1, -0.05) is 13.8 Å². The molecule has 5 fully saturated rings. The zero-order valence-electron chi connectivity index (χ0n) is 22.5. The molecule has 2 heterocycles. The van der Waals surface area contributed by atoms with Gasteiger partial charge < -0.3 is 19.4 Å². The van der Waals surface area contributed by atoms with E-state index in [1.807, 2.05) is 0 Å². The molecule has 2 N–H and O–H groups in total. The van der Waals surface area contributed by atoms with E-state index >= 15 is 0 Å². The summed E-state index contributed by atoms with van der Waals surface area (Å²) < 4.78 is 11.1. The molecule has 0 aromatic carbocycles. The van der Waals surface area contributed by atoms with Crippen molar-refractivity contribution >= 4 is 5.97 Å². The van der Waals surface area contributed by atoms with Crippen LogP contribution in [0.5, 0.6) is 0 Å². The van der Waals surface area contributed by atoms with Crippen LogP contribution < -0.4 is 5.63 Å². The number of esters is 1. The third kappa shape index (κ3) is 3.86. The van der Waals surface area contributed by atoms with Crippen LogP contribution in [-0.4, -0.2) is 58.0 Å². The van der Waals surface area contributed by atoms with Crippen molar-refractivity contribution in [2.75, 3.05) is 13.1 Å². The summed E-state index contributed by atoms with van der Waals surface area (Å²) in [5.74, 6) is 0.699. The van der Waals surface area contributed by atoms with E-state index in [-0.39, 0.29) is 29.3 Å². The Hall–Kier alpha value is -1.70. The number of β-amino-alcohol motifs (C(OH)–C–C–N with tert-alkyl or cyclic N) is 1. The van der Waals surface area contributed by atoms with E-state index in [9.17, 15) is 19.8 Å². The number of aliphatic hydroxyl groups excluding tert-OH is 1. The van der Waals surface area contributed by atoms with Gasteiger partial charge in [-0.25, -0.2) is 4.79 Å². The summed E-state index contributed by atoms with van der Waals surface area (Å²) in [4.78, 5) is 26.3. The molecule has 5 aliphatic rings. The largest absolute Gasteiger partial charge is 0.462 e. The van der Waals surface area contributed by atoms with Crippen molar-refractivity contribution in [3.05, 3.63) is 34.4 Å². The number of ether oxygens (including phenoxy) is 1. The third-order valence-electron chi connectivity index (χ3n) is 11.9. The Balaban J connectivity index is 1.29. The number of likely N-dealkylation sites (tertiary alicyclic amines) is 1. The van der Waals surface area contributed by atoms with Gasteiger partial charge in [0.2, 0.25) is 0 Å².